The van der Waals surface area contributed by atoms with Crippen LogP contribution in [-0.4, -0.2) is 0 Å². The minimum atomic E-state index is 0.794. The van der Waals surface area contributed by atoms with E-state index in [0.29, 0.717) is 0 Å². The third kappa shape index (κ3) is 2.29. The van der Waals surface area contributed by atoms with Gasteiger partial charge in [-0.3, -0.25) is 0 Å². The maximum absolute atomic E-state index is 5.88. The lowest BCUT2D eigenvalue weighted by Crippen LogP contribution is -1.95. The highest BCUT2D eigenvalue weighted by atomic mass is 14.6. The predicted octanol–water partition coefficient (Wildman–Crippen LogP) is 2.44. The maximum atomic E-state index is 5.88. The van der Waals surface area contributed by atoms with E-state index in [1.54, 1.807) is 0 Å². The monoisotopic (exact) mass is 198 g/mol. The maximum Gasteiger partial charge on any atom is 0.0349 e. The Balaban J connectivity index is 2.26. The molecule has 2 rings (SSSR count). The van der Waals surface area contributed by atoms with Crippen LogP contribution in [0.4, 0.5) is 11.4 Å². The Labute approximate surface area is 89.5 Å². The highest BCUT2D eigenvalue weighted by Gasteiger charge is 1.99. The summed E-state index contributed by atoms with van der Waals surface area (Å²) in [7, 11) is 0. The van der Waals surface area contributed by atoms with Crippen LogP contribution >= 0.6 is 0 Å². The van der Waals surface area contributed by atoms with Gasteiger partial charge in [0.05, 0.1) is 0 Å². The van der Waals surface area contributed by atoms with Gasteiger partial charge in [-0.15, -0.1) is 0 Å². The molecule has 0 aliphatic rings. The van der Waals surface area contributed by atoms with Crippen molar-refractivity contribution < 1.29 is 0 Å². The van der Waals surface area contributed by atoms with E-state index in [4.69, 9.17) is 11.5 Å². The molecular formula is C13H14N2. The van der Waals surface area contributed by atoms with Crippen molar-refractivity contribution >= 4 is 11.4 Å². The van der Waals surface area contributed by atoms with Crippen molar-refractivity contribution in [2.75, 3.05) is 11.5 Å². The van der Waals surface area contributed by atoms with E-state index in [1.807, 2.05) is 42.5 Å². The van der Waals surface area contributed by atoms with Crippen LogP contribution in [0.3, 0.4) is 0 Å². The first-order chi connectivity index (χ1) is 7.25. The number of hydrogen-bond acceptors (Lipinski definition) is 2. The summed E-state index contributed by atoms with van der Waals surface area (Å²) in [5, 5.41) is 0. The van der Waals surface area contributed by atoms with Gasteiger partial charge >= 0.3 is 0 Å². The minimum absolute atomic E-state index is 0.794. The van der Waals surface area contributed by atoms with Crippen LogP contribution in [-0.2, 0) is 6.42 Å². The van der Waals surface area contributed by atoms with Crippen molar-refractivity contribution in [3.05, 3.63) is 59.7 Å². The topological polar surface area (TPSA) is 52.0 Å². The van der Waals surface area contributed by atoms with Gasteiger partial charge in [0, 0.05) is 11.4 Å². The molecule has 0 spiro atoms. The number of nitrogens with two attached hydrogens (primary N) is 2. The van der Waals surface area contributed by atoms with Crippen molar-refractivity contribution in [1.82, 2.24) is 0 Å². The van der Waals surface area contributed by atoms with Crippen LogP contribution in [0, 0.1) is 0 Å². The highest BCUT2D eigenvalue weighted by Crippen LogP contribution is 2.17. The molecule has 4 N–H and O–H groups in total. The summed E-state index contributed by atoms with van der Waals surface area (Å²) < 4.78 is 0. The second-order valence-electron chi connectivity index (χ2n) is 3.62. The lowest BCUT2D eigenvalue weighted by Gasteiger charge is -2.05. The number of anilines is 2. The lowest BCUT2D eigenvalue weighted by molar-refractivity contribution is 1.20. The second kappa shape index (κ2) is 4.05. The molecule has 0 heterocycles. The molecule has 0 aliphatic heterocycles. The first kappa shape index (κ1) is 9.59. The minimum Gasteiger partial charge on any atom is -0.399 e. The largest absolute Gasteiger partial charge is 0.399 e. The van der Waals surface area contributed by atoms with Gasteiger partial charge in [-0.1, -0.05) is 30.3 Å². The van der Waals surface area contributed by atoms with Crippen LogP contribution in [0.1, 0.15) is 11.1 Å². The summed E-state index contributed by atoms with van der Waals surface area (Å²) in [5.41, 5.74) is 15.6. The molecule has 2 heteroatoms. The van der Waals surface area contributed by atoms with E-state index in [1.165, 1.54) is 5.56 Å². The van der Waals surface area contributed by atoms with E-state index >= 15 is 0 Å². The van der Waals surface area contributed by atoms with E-state index in [2.05, 4.69) is 6.07 Å². The zero-order chi connectivity index (χ0) is 10.7. The lowest BCUT2D eigenvalue weighted by atomic mass is 10.0. The van der Waals surface area contributed by atoms with Gasteiger partial charge in [-0.2, -0.15) is 0 Å². The fourth-order valence-corrected chi connectivity index (χ4v) is 1.62. The molecule has 0 radical (unpaired) electrons. The zero-order valence-electron chi connectivity index (χ0n) is 8.48. The Morgan fingerprint density at radius 2 is 1.67 bits per heavy atom. The number of rotatable bonds is 2. The van der Waals surface area contributed by atoms with Gasteiger partial charge in [0.15, 0.2) is 0 Å². The number of nitrogen functional groups attached to an aromatic ring is 2. The Morgan fingerprint density at radius 3 is 2.40 bits per heavy atom. The van der Waals surface area contributed by atoms with E-state index in [-0.39, 0.29) is 0 Å². The van der Waals surface area contributed by atoms with E-state index in [9.17, 15) is 0 Å². The van der Waals surface area contributed by atoms with Crippen molar-refractivity contribution in [2.45, 2.75) is 6.42 Å². The van der Waals surface area contributed by atoms with Crippen LogP contribution in [0.2, 0.25) is 0 Å². The Kier molecular flexibility index (Phi) is 2.59. The van der Waals surface area contributed by atoms with Gasteiger partial charge in [0.25, 0.3) is 0 Å². The van der Waals surface area contributed by atoms with E-state index < -0.39 is 0 Å². The zero-order valence-corrected chi connectivity index (χ0v) is 8.48. The molecule has 0 saturated heterocycles. The summed E-state index contributed by atoms with van der Waals surface area (Å²) >= 11 is 0. The fourth-order valence-electron chi connectivity index (χ4n) is 1.62. The van der Waals surface area contributed by atoms with Crippen LogP contribution in [0.25, 0.3) is 0 Å². The molecule has 0 atom stereocenters. The molecule has 0 saturated carbocycles. The number of benzene rings is 2. The van der Waals surface area contributed by atoms with Crippen LogP contribution < -0.4 is 11.5 Å². The average Bonchev–Trinajstić information content (AvgIpc) is 2.22. The summed E-state index contributed by atoms with van der Waals surface area (Å²) in [6.07, 6.45) is 0.831. The van der Waals surface area contributed by atoms with Gasteiger partial charge in [-0.05, 0) is 35.7 Å². The van der Waals surface area contributed by atoms with Crippen LogP contribution in [0.15, 0.2) is 48.5 Å². The number of hydrogen-bond donors (Lipinski definition) is 2. The van der Waals surface area contributed by atoms with Gasteiger partial charge < -0.3 is 11.5 Å². The standard InChI is InChI=1S/C13H14N2/c14-12-6-3-4-10(9-12)8-11-5-1-2-7-13(11)15/h1-7,9H,8,14-15H2. The normalized spacial score (nSPS) is 10.1. The smallest absolute Gasteiger partial charge is 0.0349 e. The molecule has 76 valence electrons. The molecule has 0 fully saturated rings. The molecule has 15 heavy (non-hydrogen) atoms. The first-order valence-corrected chi connectivity index (χ1v) is 4.93. The summed E-state index contributed by atoms with van der Waals surface area (Å²) in [4.78, 5) is 0. The molecule has 2 nitrogen and oxygen atoms in total. The first-order valence-electron chi connectivity index (χ1n) is 4.93. The third-order valence-corrected chi connectivity index (χ3v) is 2.40. The fraction of sp³-hybridized carbons (Fsp3) is 0.0769. The molecule has 0 bridgehead atoms. The van der Waals surface area contributed by atoms with Crippen molar-refractivity contribution in [2.24, 2.45) is 0 Å². The summed E-state index contributed by atoms with van der Waals surface area (Å²) in [6.45, 7) is 0. The second-order valence-corrected chi connectivity index (χ2v) is 3.62. The molecule has 0 unspecified atom stereocenters. The van der Waals surface area contributed by atoms with E-state index in [0.717, 1.165) is 23.4 Å². The molecular weight excluding hydrogens is 184 g/mol. The molecule has 2 aromatic carbocycles. The van der Waals surface area contributed by atoms with Crippen molar-refractivity contribution in [1.29, 1.82) is 0 Å². The predicted molar refractivity (Wildman–Crippen MR) is 64.5 cm³/mol. The molecule has 2 aromatic rings. The SMILES string of the molecule is Nc1cccc(Cc2ccccc2N)c1. The molecule has 0 aromatic heterocycles. The highest BCUT2D eigenvalue weighted by molar-refractivity contribution is 5.50. The Hall–Kier alpha value is -1.96. The Morgan fingerprint density at radius 1 is 0.867 bits per heavy atom. The average molecular weight is 198 g/mol. The van der Waals surface area contributed by atoms with Gasteiger partial charge in [0.1, 0.15) is 0 Å². The van der Waals surface area contributed by atoms with Gasteiger partial charge in [-0.25, -0.2) is 0 Å². The third-order valence-electron chi connectivity index (χ3n) is 2.40. The Bertz CT molecular complexity index is 464. The summed E-state index contributed by atoms with van der Waals surface area (Å²) in [5.74, 6) is 0. The quantitative estimate of drug-likeness (QED) is 0.728. The van der Waals surface area contributed by atoms with Gasteiger partial charge in [0.2, 0.25) is 0 Å². The summed E-state index contributed by atoms with van der Waals surface area (Å²) in [6, 6.07) is 15.8. The van der Waals surface area contributed by atoms with Crippen LogP contribution in [0.5, 0.6) is 0 Å². The molecule has 0 aliphatic carbocycles. The van der Waals surface area contributed by atoms with Crippen molar-refractivity contribution in [3.8, 4) is 0 Å². The van der Waals surface area contributed by atoms with Crippen molar-refractivity contribution in [3.63, 3.8) is 0 Å². The number of para-hydroxylation sites is 1. The molecule has 0 amide bonds.